The van der Waals surface area contributed by atoms with E-state index >= 15 is 0 Å². The zero-order valence-electron chi connectivity index (χ0n) is 11.7. The molecule has 4 heteroatoms. The van der Waals surface area contributed by atoms with E-state index < -0.39 is 17.4 Å². The largest absolute Gasteiger partial charge is 0.481 e. The summed E-state index contributed by atoms with van der Waals surface area (Å²) in [5.41, 5.74) is -0.674. The molecular weight excluding hydrogens is 244 g/mol. The van der Waals surface area contributed by atoms with Crippen LogP contribution in [0.15, 0.2) is 0 Å². The third kappa shape index (κ3) is 5.62. The number of carboxylic acids is 2. The van der Waals surface area contributed by atoms with Crippen molar-refractivity contribution in [3.05, 3.63) is 0 Å². The first kappa shape index (κ1) is 16.0. The highest BCUT2D eigenvalue weighted by molar-refractivity contribution is 5.74. The molecule has 1 aliphatic rings. The Morgan fingerprint density at radius 3 is 1.74 bits per heavy atom. The van der Waals surface area contributed by atoms with Gasteiger partial charge in [-0.1, -0.05) is 44.9 Å². The summed E-state index contributed by atoms with van der Waals surface area (Å²) in [6.07, 6.45) is 10.3. The van der Waals surface area contributed by atoms with Gasteiger partial charge in [0.05, 0.1) is 5.41 Å². The maximum Gasteiger partial charge on any atom is 0.309 e. The van der Waals surface area contributed by atoms with Crippen LogP contribution in [0.4, 0.5) is 0 Å². The van der Waals surface area contributed by atoms with Crippen molar-refractivity contribution >= 4 is 11.9 Å². The maximum absolute atomic E-state index is 11.7. The van der Waals surface area contributed by atoms with E-state index in [0.717, 1.165) is 25.7 Å². The van der Waals surface area contributed by atoms with Crippen molar-refractivity contribution in [1.29, 1.82) is 0 Å². The lowest BCUT2D eigenvalue weighted by molar-refractivity contribution is -0.151. The first-order chi connectivity index (χ1) is 9.07. The van der Waals surface area contributed by atoms with Crippen LogP contribution in [0, 0.1) is 5.41 Å². The Bertz CT molecular complexity index is 289. The van der Waals surface area contributed by atoms with Crippen LogP contribution < -0.4 is 0 Å². The molecule has 1 aliphatic carbocycles. The quantitative estimate of drug-likeness (QED) is 0.796. The molecule has 1 rings (SSSR count). The van der Waals surface area contributed by atoms with Gasteiger partial charge < -0.3 is 10.2 Å². The van der Waals surface area contributed by atoms with E-state index in [-0.39, 0.29) is 6.42 Å². The number of carbonyl (C=O) groups is 2. The second-order valence-electron chi connectivity index (χ2n) is 5.81. The van der Waals surface area contributed by atoms with Crippen molar-refractivity contribution < 1.29 is 19.8 Å². The molecular formula is C15H26O4. The van der Waals surface area contributed by atoms with Gasteiger partial charge in [-0.15, -0.1) is 0 Å². The highest BCUT2D eigenvalue weighted by Gasteiger charge is 2.37. The summed E-state index contributed by atoms with van der Waals surface area (Å²) in [4.78, 5) is 22.3. The molecule has 0 spiro atoms. The Labute approximate surface area is 115 Å². The lowest BCUT2D eigenvalue weighted by Crippen LogP contribution is -2.31. The molecule has 1 saturated carbocycles. The van der Waals surface area contributed by atoms with Gasteiger partial charge in [0, 0.05) is 6.42 Å². The number of carboxylic acid groups (broad SMARTS) is 2. The molecule has 0 heterocycles. The summed E-state index contributed by atoms with van der Waals surface area (Å²) in [6, 6.07) is 0. The molecule has 19 heavy (non-hydrogen) atoms. The van der Waals surface area contributed by atoms with Crippen molar-refractivity contribution in [1.82, 2.24) is 0 Å². The van der Waals surface area contributed by atoms with Gasteiger partial charge in [0.15, 0.2) is 0 Å². The standard InChI is InChI=1S/C15H26O4/c16-13(17)9-8-12-15(14(18)19)10-6-4-2-1-3-5-7-11-15/h1-12H2,(H,16,17)(H,18,19). The molecule has 0 saturated heterocycles. The van der Waals surface area contributed by atoms with Gasteiger partial charge in [0.25, 0.3) is 0 Å². The second kappa shape index (κ2) is 8.18. The lowest BCUT2D eigenvalue weighted by atomic mass is 9.73. The highest BCUT2D eigenvalue weighted by atomic mass is 16.4. The normalized spacial score (nSPS) is 20.6. The van der Waals surface area contributed by atoms with Gasteiger partial charge >= 0.3 is 11.9 Å². The molecule has 0 amide bonds. The van der Waals surface area contributed by atoms with E-state index in [1.165, 1.54) is 19.3 Å². The van der Waals surface area contributed by atoms with Crippen molar-refractivity contribution in [3.63, 3.8) is 0 Å². The van der Waals surface area contributed by atoms with Crippen LogP contribution in [0.25, 0.3) is 0 Å². The second-order valence-corrected chi connectivity index (χ2v) is 5.81. The minimum Gasteiger partial charge on any atom is -0.481 e. The predicted molar refractivity (Wildman–Crippen MR) is 73.1 cm³/mol. The highest BCUT2D eigenvalue weighted by Crippen LogP contribution is 2.38. The minimum absolute atomic E-state index is 0.0784. The average Bonchev–Trinajstić information content (AvgIpc) is 2.36. The summed E-state index contributed by atoms with van der Waals surface area (Å²) in [7, 11) is 0. The van der Waals surface area contributed by atoms with Crippen LogP contribution >= 0.6 is 0 Å². The van der Waals surface area contributed by atoms with Crippen molar-refractivity contribution in [2.45, 2.75) is 77.0 Å². The zero-order valence-corrected chi connectivity index (χ0v) is 11.7. The number of rotatable bonds is 5. The Kier molecular flexibility index (Phi) is 6.89. The van der Waals surface area contributed by atoms with E-state index in [1.807, 2.05) is 0 Å². The molecule has 0 aromatic heterocycles. The summed E-state index contributed by atoms with van der Waals surface area (Å²) >= 11 is 0. The minimum atomic E-state index is -0.833. The SMILES string of the molecule is O=C(O)CCCC1(C(=O)O)CCCCCCCCC1. The van der Waals surface area contributed by atoms with Crippen LogP contribution in [-0.4, -0.2) is 22.2 Å². The molecule has 0 radical (unpaired) electrons. The molecule has 0 atom stereocenters. The van der Waals surface area contributed by atoms with Crippen LogP contribution in [-0.2, 0) is 9.59 Å². The van der Waals surface area contributed by atoms with E-state index in [9.17, 15) is 14.7 Å². The molecule has 0 aromatic rings. The molecule has 0 bridgehead atoms. The van der Waals surface area contributed by atoms with Crippen molar-refractivity contribution in [3.8, 4) is 0 Å². The topological polar surface area (TPSA) is 74.6 Å². The molecule has 0 aliphatic heterocycles. The van der Waals surface area contributed by atoms with Gasteiger partial charge in [-0.2, -0.15) is 0 Å². The van der Waals surface area contributed by atoms with Crippen LogP contribution in [0.5, 0.6) is 0 Å². The Morgan fingerprint density at radius 2 is 1.32 bits per heavy atom. The fourth-order valence-electron chi connectivity index (χ4n) is 3.08. The van der Waals surface area contributed by atoms with E-state index in [2.05, 4.69) is 0 Å². The summed E-state index contributed by atoms with van der Waals surface area (Å²) in [5, 5.41) is 18.3. The monoisotopic (exact) mass is 270 g/mol. The van der Waals surface area contributed by atoms with Gasteiger partial charge in [-0.05, 0) is 25.7 Å². The van der Waals surface area contributed by atoms with Gasteiger partial charge in [0.1, 0.15) is 0 Å². The maximum atomic E-state index is 11.7. The predicted octanol–water partition coefficient (Wildman–Crippen LogP) is 3.84. The van der Waals surface area contributed by atoms with Crippen molar-refractivity contribution in [2.24, 2.45) is 5.41 Å². The lowest BCUT2D eigenvalue weighted by Gasteiger charge is -2.30. The van der Waals surface area contributed by atoms with E-state index in [4.69, 9.17) is 5.11 Å². The molecule has 0 unspecified atom stereocenters. The van der Waals surface area contributed by atoms with Crippen molar-refractivity contribution in [2.75, 3.05) is 0 Å². The van der Waals surface area contributed by atoms with Crippen LogP contribution in [0.2, 0.25) is 0 Å². The van der Waals surface area contributed by atoms with Crippen LogP contribution in [0.3, 0.4) is 0 Å². The third-order valence-corrected chi connectivity index (χ3v) is 4.31. The van der Waals surface area contributed by atoms with Gasteiger partial charge in [0.2, 0.25) is 0 Å². The summed E-state index contributed by atoms with van der Waals surface area (Å²) in [6.45, 7) is 0. The Balaban J connectivity index is 2.62. The Morgan fingerprint density at radius 1 is 0.842 bits per heavy atom. The van der Waals surface area contributed by atoms with E-state index in [0.29, 0.717) is 25.7 Å². The molecule has 1 fully saturated rings. The number of hydrogen-bond donors (Lipinski definition) is 2. The molecule has 110 valence electrons. The van der Waals surface area contributed by atoms with Gasteiger partial charge in [-0.3, -0.25) is 9.59 Å². The summed E-state index contributed by atoms with van der Waals surface area (Å²) in [5.74, 6) is -1.56. The zero-order chi connectivity index (χ0) is 14.1. The molecule has 4 nitrogen and oxygen atoms in total. The average molecular weight is 270 g/mol. The first-order valence-corrected chi connectivity index (χ1v) is 7.52. The van der Waals surface area contributed by atoms with E-state index in [1.54, 1.807) is 0 Å². The van der Waals surface area contributed by atoms with Gasteiger partial charge in [-0.25, -0.2) is 0 Å². The number of hydrogen-bond acceptors (Lipinski definition) is 2. The third-order valence-electron chi connectivity index (χ3n) is 4.31. The summed E-state index contributed by atoms with van der Waals surface area (Å²) < 4.78 is 0. The molecule has 2 N–H and O–H groups in total. The number of aliphatic carboxylic acids is 2. The molecule has 0 aromatic carbocycles. The fraction of sp³-hybridized carbons (Fsp3) is 0.867. The first-order valence-electron chi connectivity index (χ1n) is 7.52. The smallest absolute Gasteiger partial charge is 0.309 e. The Hall–Kier alpha value is -1.06. The fourth-order valence-corrected chi connectivity index (χ4v) is 3.08. The van der Waals surface area contributed by atoms with Crippen LogP contribution in [0.1, 0.15) is 77.0 Å².